The lowest BCUT2D eigenvalue weighted by molar-refractivity contribution is -0.117. The molecule has 1 aliphatic carbocycles. The van der Waals surface area contributed by atoms with E-state index in [1.807, 2.05) is 13.8 Å². The Kier molecular flexibility index (Phi) is 22.8. The van der Waals surface area contributed by atoms with E-state index in [-0.39, 0.29) is 24.1 Å². The molecule has 2 fully saturated rings. The van der Waals surface area contributed by atoms with Crippen molar-refractivity contribution >= 4 is 5.91 Å². The number of unbranched alkanes of at least 4 members (excludes halogenated alkanes) is 8. The fourth-order valence-electron chi connectivity index (χ4n) is 8.03. The number of carbonyl (C=O) groups excluding carboxylic acids is 1. The number of nitrogens with zero attached hydrogens (tertiary/aromatic N) is 2. The van der Waals surface area contributed by atoms with Gasteiger partial charge in [-0.25, -0.2) is 8.78 Å². The zero-order valence-electron chi connectivity index (χ0n) is 38.7. The minimum Gasteiger partial charge on any atom is -0.459 e. The molecule has 1 aromatic rings. The summed E-state index contributed by atoms with van der Waals surface area (Å²) < 4.78 is 34.5. The van der Waals surface area contributed by atoms with Crippen molar-refractivity contribution in [3.63, 3.8) is 0 Å². The molecule has 2 saturated heterocycles. The van der Waals surface area contributed by atoms with Gasteiger partial charge in [-0.1, -0.05) is 149 Å². The third-order valence-corrected chi connectivity index (χ3v) is 11.6. The molecule has 3 heterocycles. The number of fused-ring (bicyclic) bond motifs is 2. The van der Waals surface area contributed by atoms with Gasteiger partial charge in [-0.2, -0.15) is 0 Å². The van der Waals surface area contributed by atoms with Crippen molar-refractivity contribution in [2.75, 3.05) is 6.54 Å². The van der Waals surface area contributed by atoms with Crippen molar-refractivity contribution in [3.05, 3.63) is 144 Å². The molecule has 5 rings (SSSR count). The van der Waals surface area contributed by atoms with Gasteiger partial charge in [0.1, 0.15) is 17.3 Å². The molecule has 0 saturated carbocycles. The predicted octanol–water partition coefficient (Wildman–Crippen LogP) is 14.1. The molecule has 1 aromatic carbocycles. The van der Waals surface area contributed by atoms with Gasteiger partial charge in [0, 0.05) is 66.4 Å². The standard InChI is InChI=1S/C47H62F2N4O2.C4H10.C2H6/c1-7-8-9-10-11-12-13-14-18-33(2)51-41-21-16-15-20-38(25-28-41)24-23-35(4)55-46-36(5)43(47(54)50-30-39-26-27-40(48)29-44(39)49)32-52-31-42-22-17-19-34(3)53(42)37(6)45(46)52;1-3-4-2;1-2/h15,20-21,25-29,32,34,38,42,51H,2,4-14,16-19,22-24,30-31H2,1,3H3,(H,50,54);3-4H2,1-2H3;1-2H3/b20-15?,28-25-,41-21+;;. The zero-order valence-corrected chi connectivity index (χ0v) is 38.7. The number of allylic oxidation sites excluding steroid dienone is 8. The van der Waals surface area contributed by atoms with Crippen molar-refractivity contribution in [2.24, 2.45) is 5.92 Å². The highest BCUT2D eigenvalue weighted by Gasteiger charge is 2.41. The summed E-state index contributed by atoms with van der Waals surface area (Å²) in [5.41, 5.74) is 4.68. The largest absolute Gasteiger partial charge is 0.459 e. The van der Waals surface area contributed by atoms with Crippen LogP contribution in [0, 0.1) is 17.6 Å². The van der Waals surface area contributed by atoms with Gasteiger partial charge in [-0.15, -0.1) is 0 Å². The fourth-order valence-corrected chi connectivity index (χ4v) is 8.03. The first-order chi connectivity index (χ1) is 29.5. The molecule has 336 valence electrons. The normalized spacial score (nSPS) is 20.8. The van der Waals surface area contributed by atoms with Crippen LogP contribution in [0.15, 0.2) is 127 Å². The number of halogens is 2. The molecule has 0 spiro atoms. The summed E-state index contributed by atoms with van der Waals surface area (Å²) in [5, 5.41) is 6.34. The molecule has 8 heteroatoms. The Balaban J connectivity index is 0.00000156. The molecular formula is C53H78F2N4O2. The Hall–Kier alpha value is -4.59. The molecule has 0 radical (unpaired) electrons. The Morgan fingerprint density at radius 1 is 0.918 bits per heavy atom. The Labute approximate surface area is 369 Å². The molecule has 1 amide bonds. The lowest BCUT2D eigenvalue weighted by Gasteiger charge is -2.52. The monoisotopic (exact) mass is 841 g/mol. The Morgan fingerprint density at radius 2 is 1.62 bits per heavy atom. The van der Waals surface area contributed by atoms with Crippen LogP contribution in [0.25, 0.3) is 0 Å². The van der Waals surface area contributed by atoms with Crippen molar-refractivity contribution in [1.82, 2.24) is 20.4 Å². The van der Waals surface area contributed by atoms with Crippen LogP contribution in [0.3, 0.4) is 0 Å². The number of nitrogens with one attached hydrogen (secondary N) is 2. The second kappa shape index (κ2) is 27.4. The Bertz CT molecular complexity index is 1780. The summed E-state index contributed by atoms with van der Waals surface area (Å²) in [7, 11) is 0. The van der Waals surface area contributed by atoms with Gasteiger partial charge in [0.25, 0.3) is 5.91 Å². The van der Waals surface area contributed by atoms with E-state index in [0.717, 1.165) is 73.8 Å². The quantitative estimate of drug-likeness (QED) is 0.0778. The van der Waals surface area contributed by atoms with E-state index < -0.39 is 17.5 Å². The molecule has 0 bridgehead atoms. The van der Waals surface area contributed by atoms with Gasteiger partial charge < -0.3 is 25.2 Å². The first kappa shape index (κ1) is 50.8. The van der Waals surface area contributed by atoms with Crippen molar-refractivity contribution in [2.45, 2.75) is 169 Å². The molecule has 6 nitrogen and oxygen atoms in total. The van der Waals surface area contributed by atoms with E-state index >= 15 is 0 Å². The number of rotatable bonds is 20. The minimum absolute atomic E-state index is 0.0993. The SMILES string of the molecule is C=C(CCCCCCCCCC)NC1=C/CC=CC(CCC(=C)OC2=C3C(=C)N4C(C)CCCC4CN3C=C(C(=O)NCc3ccc(F)cc3F)C2=C)/C=C\1.CC.CCCC. The lowest BCUT2D eigenvalue weighted by Crippen LogP contribution is -2.55. The van der Waals surface area contributed by atoms with Gasteiger partial charge in [-0.05, 0) is 69.9 Å². The molecule has 3 unspecified atom stereocenters. The molecule has 3 aliphatic heterocycles. The van der Waals surface area contributed by atoms with Gasteiger partial charge in [0.15, 0.2) is 5.76 Å². The summed E-state index contributed by atoms with van der Waals surface area (Å²) in [6.07, 6.45) is 32.2. The van der Waals surface area contributed by atoms with Crippen molar-refractivity contribution in [3.8, 4) is 0 Å². The molecule has 2 N–H and O–H groups in total. The number of amides is 1. The van der Waals surface area contributed by atoms with Crippen LogP contribution in [-0.2, 0) is 16.1 Å². The fraction of sp³-hybridized carbons (Fsp3) is 0.528. The lowest BCUT2D eigenvalue weighted by atomic mass is 9.89. The van der Waals surface area contributed by atoms with E-state index in [0.29, 0.717) is 41.7 Å². The molecule has 3 atom stereocenters. The van der Waals surface area contributed by atoms with Crippen molar-refractivity contribution < 1.29 is 18.3 Å². The highest BCUT2D eigenvalue weighted by atomic mass is 19.1. The van der Waals surface area contributed by atoms with E-state index in [2.05, 4.69) is 105 Å². The number of carbonyl (C=O) groups is 1. The van der Waals surface area contributed by atoms with Crippen LogP contribution in [0.2, 0.25) is 0 Å². The number of hydrogen-bond acceptors (Lipinski definition) is 5. The van der Waals surface area contributed by atoms with Gasteiger partial charge in [-0.3, -0.25) is 4.79 Å². The summed E-state index contributed by atoms with van der Waals surface area (Å²) in [6, 6.07) is 3.90. The number of benzene rings is 1. The highest BCUT2D eigenvalue weighted by molar-refractivity contribution is 5.99. The maximum absolute atomic E-state index is 14.4. The van der Waals surface area contributed by atoms with Gasteiger partial charge >= 0.3 is 0 Å². The smallest absolute Gasteiger partial charge is 0.253 e. The van der Waals surface area contributed by atoms with Crippen LogP contribution in [0.5, 0.6) is 0 Å². The summed E-state index contributed by atoms with van der Waals surface area (Å²) in [5.74, 6) is -0.597. The maximum Gasteiger partial charge on any atom is 0.253 e. The van der Waals surface area contributed by atoms with Crippen LogP contribution >= 0.6 is 0 Å². The third-order valence-electron chi connectivity index (χ3n) is 11.6. The number of piperazine rings is 1. The highest BCUT2D eigenvalue weighted by Crippen LogP contribution is 2.43. The minimum atomic E-state index is -0.713. The zero-order chi connectivity index (χ0) is 44.7. The Morgan fingerprint density at radius 3 is 2.31 bits per heavy atom. The van der Waals surface area contributed by atoms with E-state index in [1.165, 1.54) is 69.9 Å². The number of hydrogen-bond donors (Lipinski definition) is 2. The number of ether oxygens (including phenoxy) is 1. The first-order valence-corrected chi connectivity index (χ1v) is 23.4. The number of piperidine rings is 1. The van der Waals surface area contributed by atoms with Crippen molar-refractivity contribution in [1.29, 1.82) is 0 Å². The van der Waals surface area contributed by atoms with Crippen LogP contribution in [0.1, 0.15) is 156 Å². The van der Waals surface area contributed by atoms with E-state index in [9.17, 15) is 13.6 Å². The molecular weight excluding hydrogens is 763 g/mol. The predicted molar refractivity (Wildman–Crippen MR) is 253 cm³/mol. The summed E-state index contributed by atoms with van der Waals surface area (Å²) in [4.78, 5) is 18.1. The van der Waals surface area contributed by atoms with Crippen LogP contribution < -0.4 is 10.6 Å². The second-order valence-corrected chi connectivity index (χ2v) is 16.5. The van der Waals surface area contributed by atoms with Crippen LogP contribution in [-0.4, -0.2) is 34.3 Å². The topological polar surface area (TPSA) is 56.8 Å². The summed E-state index contributed by atoms with van der Waals surface area (Å²) >= 11 is 0. The van der Waals surface area contributed by atoms with E-state index in [4.69, 9.17) is 4.74 Å². The van der Waals surface area contributed by atoms with Gasteiger partial charge in [0.2, 0.25) is 0 Å². The average Bonchev–Trinajstić information content (AvgIpc) is 3.24. The molecule has 0 aromatic heterocycles. The third kappa shape index (κ3) is 16.0. The molecule has 61 heavy (non-hydrogen) atoms. The second-order valence-electron chi connectivity index (χ2n) is 16.5. The van der Waals surface area contributed by atoms with Crippen LogP contribution in [0.4, 0.5) is 8.78 Å². The first-order valence-electron chi connectivity index (χ1n) is 23.4. The van der Waals surface area contributed by atoms with Gasteiger partial charge in [0.05, 0.1) is 17.0 Å². The maximum atomic E-state index is 14.4. The average molecular weight is 841 g/mol. The summed E-state index contributed by atoms with van der Waals surface area (Å²) in [6.45, 7) is 30.9. The molecule has 4 aliphatic rings. The van der Waals surface area contributed by atoms with E-state index in [1.54, 1.807) is 6.20 Å².